The van der Waals surface area contributed by atoms with Gasteiger partial charge in [0.25, 0.3) is 0 Å². The van der Waals surface area contributed by atoms with Crippen molar-refractivity contribution >= 4 is 21.6 Å². The van der Waals surface area contributed by atoms with E-state index in [-0.39, 0.29) is 12.2 Å². The first-order chi connectivity index (χ1) is 9.58. The van der Waals surface area contributed by atoms with E-state index in [0.717, 1.165) is 16.1 Å². The lowest BCUT2D eigenvalue weighted by Gasteiger charge is -2.06. The number of benzene rings is 2. The van der Waals surface area contributed by atoms with Crippen LogP contribution in [0.15, 0.2) is 46.9 Å². The molecule has 0 spiro atoms. The van der Waals surface area contributed by atoms with Crippen molar-refractivity contribution in [2.75, 3.05) is 0 Å². The minimum absolute atomic E-state index is 0.0103. The van der Waals surface area contributed by atoms with E-state index in [9.17, 15) is 14.5 Å². The predicted octanol–water partition coefficient (Wildman–Crippen LogP) is 4.21. The smallest absolute Gasteiger partial charge is 0.305 e. The fourth-order valence-electron chi connectivity index (χ4n) is 1.68. The highest BCUT2D eigenvalue weighted by Gasteiger charge is 2.16. The molecule has 0 N–H and O–H groups in total. The summed E-state index contributed by atoms with van der Waals surface area (Å²) in [7, 11) is 0. The molecule has 0 atom stereocenters. The highest BCUT2D eigenvalue weighted by molar-refractivity contribution is 9.10. The maximum atomic E-state index is 13.8. The van der Waals surface area contributed by atoms with Crippen LogP contribution < -0.4 is 0 Å². The molecular formula is C14H11BrFNO3. The molecule has 2 aromatic rings. The van der Waals surface area contributed by atoms with Crippen LogP contribution in [0.5, 0.6) is 0 Å². The first kappa shape index (κ1) is 14.6. The Hall–Kier alpha value is -1.79. The van der Waals surface area contributed by atoms with Gasteiger partial charge in [0.2, 0.25) is 5.82 Å². The Morgan fingerprint density at radius 3 is 2.50 bits per heavy atom. The monoisotopic (exact) mass is 339 g/mol. The molecule has 0 heterocycles. The molecule has 0 aliphatic rings. The lowest BCUT2D eigenvalue weighted by Crippen LogP contribution is -2.00. The Labute approximate surface area is 123 Å². The van der Waals surface area contributed by atoms with Crippen molar-refractivity contribution in [2.24, 2.45) is 0 Å². The summed E-state index contributed by atoms with van der Waals surface area (Å²) >= 11 is 3.33. The van der Waals surface area contributed by atoms with Crippen LogP contribution in [0, 0.1) is 15.9 Å². The van der Waals surface area contributed by atoms with Gasteiger partial charge in [-0.25, -0.2) is 0 Å². The van der Waals surface area contributed by atoms with Crippen LogP contribution in [0.1, 0.15) is 11.1 Å². The van der Waals surface area contributed by atoms with Gasteiger partial charge in [0, 0.05) is 16.1 Å². The molecule has 0 fully saturated rings. The van der Waals surface area contributed by atoms with E-state index < -0.39 is 16.4 Å². The lowest BCUT2D eigenvalue weighted by molar-refractivity contribution is -0.387. The van der Waals surface area contributed by atoms with Crippen molar-refractivity contribution in [3.05, 3.63) is 74.0 Å². The summed E-state index contributed by atoms with van der Waals surface area (Å²) in [5, 5.41) is 10.6. The van der Waals surface area contributed by atoms with Crippen LogP contribution in [-0.4, -0.2) is 4.92 Å². The number of hydrogen-bond acceptors (Lipinski definition) is 3. The van der Waals surface area contributed by atoms with Crippen LogP contribution in [0.2, 0.25) is 0 Å². The molecule has 0 saturated heterocycles. The third kappa shape index (κ3) is 3.61. The summed E-state index contributed by atoms with van der Waals surface area (Å²) in [4.78, 5) is 9.88. The molecule has 6 heteroatoms. The average Bonchev–Trinajstić information content (AvgIpc) is 2.42. The second kappa shape index (κ2) is 6.58. The van der Waals surface area contributed by atoms with Gasteiger partial charge in [-0.05, 0) is 17.7 Å². The Morgan fingerprint density at radius 2 is 1.85 bits per heavy atom. The van der Waals surface area contributed by atoms with Gasteiger partial charge in [0.05, 0.1) is 18.1 Å². The highest BCUT2D eigenvalue weighted by Crippen LogP contribution is 2.21. The standard InChI is InChI=1S/C14H11BrFNO3/c15-12-6-4-10(5-7-12)8-20-9-11-2-1-3-13(14(11)16)17(18)19/h1-7H,8-9H2. The van der Waals surface area contributed by atoms with E-state index in [0.29, 0.717) is 6.61 Å². The minimum atomic E-state index is -0.840. The van der Waals surface area contributed by atoms with Gasteiger partial charge in [0.15, 0.2) is 0 Å². The summed E-state index contributed by atoms with van der Waals surface area (Å²) in [5.74, 6) is -0.840. The normalized spacial score (nSPS) is 10.5. The molecule has 0 bridgehead atoms. The molecule has 0 aliphatic carbocycles. The summed E-state index contributed by atoms with van der Waals surface area (Å²) < 4.78 is 20.1. The Kier molecular flexibility index (Phi) is 4.81. The maximum absolute atomic E-state index is 13.8. The molecule has 0 aliphatic heterocycles. The number of rotatable bonds is 5. The number of nitro benzene ring substituents is 1. The van der Waals surface area contributed by atoms with E-state index in [1.54, 1.807) is 0 Å². The SMILES string of the molecule is O=[N+]([O-])c1cccc(COCc2ccc(Br)cc2)c1F. The van der Waals surface area contributed by atoms with Crippen molar-refractivity contribution in [3.63, 3.8) is 0 Å². The summed E-state index contributed by atoms with van der Waals surface area (Å²) in [5.41, 5.74) is 0.588. The van der Waals surface area contributed by atoms with Crippen LogP contribution in [-0.2, 0) is 18.0 Å². The molecule has 0 unspecified atom stereocenters. The molecule has 0 amide bonds. The van der Waals surface area contributed by atoms with Gasteiger partial charge < -0.3 is 4.74 Å². The van der Waals surface area contributed by atoms with Crippen molar-refractivity contribution in [1.82, 2.24) is 0 Å². The predicted molar refractivity (Wildman–Crippen MR) is 75.7 cm³/mol. The molecule has 0 aromatic heterocycles. The van der Waals surface area contributed by atoms with Gasteiger partial charge in [-0.2, -0.15) is 4.39 Å². The zero-order chi connectivity index (χ0) is 14.5. The second-order valence-corrected chi connectivity index (χ2v) is 5.04. The first-order valence-electron chi connectivity index (χ1n) is 5.82. The molecule has 104 valence electrons. The number of hydrogen-bond donors (Lipinski definition) is 0. The maximum Gasteiger partial charge on any atom is 0.305 e. The quantitative estimate of drug-likeness (QED) is 0.605. The zero-order valence-electron chi connectivity index (χ0n) is 10.4. The topological polar surface area (TPSA) is 52.4 Å². The molecule has 0 radical (unpaired) electrons. The third-order valence-corrected chi connectivity index (χ3v) is 3.22. The Morgan fingerprint density at radius 1 is 1.15 bits per heavy atom. The van der Waals surface area contributed by atoms with Gasteiger partial charge in [0.1, 0.15) is 0 Å². The van der Waals surface area contributed by atoms with Gasteiger partial charge in [-0.15, -0.1) is 0 Å². The molecule has 2 aromatic carbocycles. The molecule has 4 nitrogen and oxygen atoms in total. The van der Waals surface area contributed by atoms with Gasteiger partial charge in [-0.3, -0.25) is 10.1 Å². The molecule has 2 rings (SSSR count). The van der Waals surface area contributed by atoms with Gasteiger partial charge in [-0.1, -0.05) is 40.2 Å². The summed E-state index contributed by atoms with van der Waals surface area (Å²) in [6.45, 7) is 0.305. The van der Waals surface area contributed by atoms with Crippen molar-refractivity contribution < 1.29 is 14.1 Å². The third-order valence-electron chi connectivity index (χ3n) is 2.69. The van der Waals surface area contributed by atoms with Crippen LogP contribution >= 0.6 is 15.9 Å². The Balaban J connectivity index is 1.99. The fourth-order valence-corrected chi connectivity index (χ4v) is 1.94. The molecule has 0 saturated carbocycles. The van der Waals surface area contributed by atoms with E-state index >= 15 is 0 Å². The first-order valence-corrected chi connectivity index (χ1v) is 6.61. The fraction of sp³-hybridized carbons (Fsp3) is 0.143. The highest BCUT2D eigenvalue weighted by atomic mass is 79.9. The number of nitrogens with zero attached hydrogens (tertiary/aromatic N) is 1. The van der Waals surface area contributed by atoms with Crippen molar-refractivity contribution in [1.29, 1.82) is 0 Å². The summed E-state index contributed by atoms with van der Waals surface area (Å²) in [6, 6.07) is 11.6. The number of nitro groups is 1. The molecular weight excluding hydrogens is 329 g/mol. The number of halogens is 2. The second-order valence-electron chi connectivity index (χ2n) is 4.13. The number of ether oxygens (including phenoxy) is 1. The minimum Gasteiger partial charge on any atom is -0.372 e. The van der Waals surface area contributed by atoms with E-state index in [1.807, 2.05) is 24.3 Å². The zero-order valence-corrected chi connectivity index (χ0v) is 12.0. The average molecular weight is 340 g/mol. The van der Waals surface area contributed by atoms with Crippen LogP contribution in [0.25, 0.3) is 0 Å². The van der Waals surface area contributed by atoms with E-state index in [4.69, 9.17) is 4.74 Å². The molecule has 20 heavy (non-hydrogen) atoms. The lowest BCUT2D eigenvalue weighted by atomic mass is 10.2. The van der Waals surface area contributed by atoms with Crippen LogP contribution in [0.4, 0.5) is 10.1 Å². The van der Waals surface area contributed by atoms with Crippen LogP contribution in [0.3, 0.4) is 0 Å². The summed E-state index contributed by atoms with van der Waals surface area (Å²) in [6.07, 6.45) is 0. The van der Waals surface area contributed by atoms with E-state index in [2.05, 4.69) is 15.9 Å². The van der Waals surface area contributed by atoms with E-state index in [1.165, 1.54) is 12.1 Å². The largest absolute Gasteiger partial charge is 0.372 e. The van der Waals surface area contributed by atoms with Crippen molar-refractivity contribution in [2.45, 2.75) is 13.2 Å². The van der Waals surface area contributed by atoms with Gasteiger partial charge >= 0.3 is 5.69 Å². The van der Waals surface area contributed by atoms with Crippen molar-refractivity contribution in [3.8, 4) is 0 Å². The Bertz CT molecular complexity index is 616.